The number of nitrogen functional groups attached to an aromatic ring is 1. The van der Waals surface area contributed by atoms with Crippen molar-refractivity contribution in [1.82, 2.24) is 4.98 Å². The first-order valence-corrected chi connectivity index (χ1v) is 4.61. The number of halogens is 1. The van der Waals surface area contributed by atoms with Gasteiger partial charge in [0.05, 0.1) is 0 Å². The molecule has 2 N–H and O–H groups in total. The summed E-state index contributed by atoms with van der Waals surface area (Å²) in [5.41, 5.74) is 5.95. The normalized spacial score (nSPS) is 10.2. The molecule has 0 spiro atoms. The molecule has 4 heteroatoms. The van der Waals surface area contributed by atoms with Crippen LogP contribution in [0.5, 0.6) is 0 Å². The number of hydrogen-bond acceptors (Lipinski definition) is 3. The third kappa shape index (κ3) is 1.53. The van der Waals surface area contributed by atoms with E-state index in [-0.39, 0.29) is 5.82 Å². The fraction of sp³-hybridized carbons (Fsp3) is 0. The van der Waals surface area contributed by atoms with E-state index in [9.17, 15) is 4.39 Å². The predicted molar refractivity (Wildman–Crippen MR) is 51.9 cm³/mol. The van der Waals surface area contributed by atoms with E-state index in [0.29, 0.717) is 16.4 Å². The second-order valence-electron chi connectivity index (χ2n) is 2.56. The third-order valence-corrected chi connectivity index (χ3v) is 2.52. The van der Waals surface area contributed by atoms with Gasteiger partial charge in [-0.1, -0.05) is 12.1 Å². The summed E-state index contributed by atoms with van der Waals surface area (Å²) in [5, 5.41) is 2.32. The van der Waals surface area contributed by atoms with E-state index >= 15 is 0 Å². The second-order valence-corrected chi connectivity index (χ2v) is 3.42. The molecule has 0 unspecified atom stereocenters. The smallest absolute Gasteiger partial charge is 0.135 e. The van der Waals surface area contributed by atoms with Gasteiger partial charge in [0.2, 0.25) is 0 Å². The minimum Gasteiger partial charge on any atom is -0.383 e. The standard InChI is InChI=1S/C9H7FN2S/c10-7-4-2-1-3-6(7)9-12-8(11)5-13-9/h1-5H,11H2. The van der Waals surface area contributed by atoms with Gasteiger partial charge in [-0.25, -0.2) is 9.37 Å². The Balaban J connectivity index is 2.52. The van der Waals surface area contributed by atoms with Gasteiger partial charge in [0.25, 0.3) is 0 Å². The van der Waals surface area contributed by atoms with Gasteiger partial charge in [0, 0.05) is 10.9 Å². The van der Waals surface area contributed by atoms with Crippen LogP contribution in [-0.2, 0) is 0 Å². The molecule has 0 amide bonds. The van der Waals surface area contributed by atoms with Crippen molar-refractivity contribution < 1.29 is 4.39 Å². The highest BCUT2D eigenvalue weighted by molar-refractivity contribution is 7.13. The summed E-state index contributed by atoms with van der Waals surface area (Å²) in [7, 11) is 0. The lowest BCUT2D eigenvalue weighted by Gasteiger charge is -1.96. The molecule has 0 aliphatic rings. The van der Waals surface area contributed by atoms with Gasteiger partial charge in [-0.3, -0.25) is 0 Å². The van der Waals surface area contributed by atoms with E-state index in [0.717, 1.165) is 0 Å². The van der Waals surface area contributed by atoms with E-state index in [2.05, 4.69) is 4.98 Å². The van der Waals surface area contributed by atoms with Crippen LogP contribution in [0.1, 0.15) is 0 Å². The molecule has 0 aliphatic heterocycles. The van der Waals surface area contributed by atoms with Crippen molar-refractivity contribution in [2.75, 3.05) is 5.73 Å². The van der Waals surface area contributed by atoms with Gasteiger partial charge in [-0.05, 0) is 12.1 Å². The number of rotatable bonds is 1. The molecule has 2 nitrogen and oxygen atoms in total. The van der Waals surface area contributed by atoms with E-state index in [1.807, 2.05) is 0 Å². The summed E-state index contributed by atoms with van der Waals surface area (Å²) in [4.78, 5) is 4.00. The van der Waals surface area contributed by atoms with Crippen LogP contribution in [-0.4, -0.2) is 4.98 Å². The van der Waals surface area contributed by atoms with E-state index in [1.165, 1.54) is 17.4 Å². The summed E-state index contributed by atoms with van der Waals surface area (Å²) in [6.45, 7) is 0. The Morgan fingerprint density at radius 1 is 1.31 bits per heavy atom. The van der Waals surface area contributed by atoms with Crippen LogP contribution in [0.25, 0.3) is 10.6 Å². The van der Waals surface area contributed by atoms with Crippen molar-refractivity contribution in [3.05, 3.63) is 35.5 Å². The molecule has 1 aromatic carbocycles. The predicted octanol–water partition coefficient (Wildman–Crippen LogP) is 2.53. The van der Waals surface area contributed by atoms with Crippen molar-refractivity contribution in [1.29, 1.82) is 0 Å². The van der Waals surface area contributed by atoms with Crippen molar-refractivity contribution in [2.24, 2.45) is 0 Å². The van der Waals surface area contributed by atoms with Crippen LogP contribution in [0.2, 0.25) is 0 Å². The number of hydrogen-bond donors (Lipinski definition) is 1. The number of benzene rings is 1. The maximum Gasteiger partial charge on any atom is 0.135 e. The molecule has 0 saturated heterocycles. The molecule has 0 radical (unpaired) electrons. The minimum atomic E-state index is -0.267. The van der Waals surface area contributed by atoms with Gasteiger partial charge in [0.1, 0.15) is 16.6 Å². The van der Waals surface area contributed by atoms with Gasteiger partial charge in [-0.2, -0.15) is 0 Å². The van der Waals surface area contributed by atoms with Crippen LogP contribution in [0.4, 0.5) is 10.2 Å². The zero-order valence-corrected chi connectivity index (χ0v) is 7.51. The highest BCUT2D eigenvalue weighted by atomic mass is 32.1. The highest BCUT2D eigenvalue weighted by Crippen LogP contribution is 2.26. The zero-order chi connectivity index (χ0) is 9.26. The summed E-state index contributed by atoms with van der Waals surface area (Å²) < 4.78 is 13.2. The lowest BCUT2D eigenvalue weighted by atomic mass is 10.2. The Morgan fingerprint density at radius 2 is 2.08 bits per heavy atom. The summed E-state index contributed by atoms with van der Waals surface area (Å²) in [6, 6.07) is 6.52. The van der Waals surface area contributed by atoms with E-state index in [4.69, 9.17) is 5.73 Å². The molecular weight excluding hydrogens is 187 g/mol. The first-order chi connectivity index (χ1) is 6.27. The lowest BCUT2D eigenvalue weighted by molar-refractivity contribution is 0.631. The maximum absolute atomic E-state index is 13.2. The molecule has 0 fully saturated rings. The Hall–Kier alpha value is -1.42. The van der Waals surface area contributed by atoms with E-state index in [1.54, 1.807) is 23.6 Å². The minimum absolute atomic E-state index is 0.267. The Morgan fingerprint density at radius 3 is 2.69 bits per heavy atom. The average Bonchev–Trinajstić information content (AvgIpc) is 2.53. The fourth-order valence-corrected chi connectivity index (χ4v) is 1.78. The summed E-state index contributed by atoms with van der Waals surface area (Å²) >= 11 is 1.34. The van der Waals surface area contributed by atoms with Gasteiger partial charge >= 0.3 is 0 Å². The maximum atomic E-state index is 13.2. The van der Waals surface area contributed by atoms with Crippen LogP contribution in [0.3, 0.4) is 0 Å². The summed E-state index contributed by atoms with van der Waals surface area (Å²) in [5.74, 6) is 0.167. The monoisotopic (exact) mass is 194 g/mol. The first kappa shape index (κ1) is 8.19. The van der Waals surface area contributed by atoms with Gasteiger partial charge < -0.3 is 5.73 Å². The van der Waals surface area contributed by atoms with E-state index < -0.39 is 0 Å². The van der Waals surface area contributed by atoms with Gasteiger partial charge in [0.15, 0.2) is 0 Å². The molecule has 66 valence electrons. The quantitative estimate of drug-likeness (QED) is 0.757. The van der Waals surface area contributed by atoms with Gasteiger partial charge in [-0.15, -0.1) is 11.3 Å². The third-order valence-electron chi connectivity index (χ3n) is 1.63. The van der Waals surface area contributed by atoms with Crippen molar-refractivity contribution >= 4 is 17.2 Å². The topological polar surface area (TPSA) is 38.9 Å². The van der Waals surface area contributed by atoms with Crippen LogP contribution in [0.15, 0.2) is 29.6 Å². The molecule has 0 atom stereocenters. The number of nitrogens with two attached hydrogens (primary N) is 1. The Bertz CT molecular complexity index is 425. The number of aromatic nitrogens is 1. The number of nitrogens with zero attached hydrogens (tertiary/aromatic N) is 1. The van der Waals surface area contributed by atoms with Crippen LogP contribution < -0.4 is 5.73 Å². The van der Waals surface area contributed by atoms with Crippen LogP contribution >= 0.6 is 11.3 Å². The fourth-order valence-electron chi connectivity index (χ4n) is 1.04. The molecule has 13 heavy (non-hydrogen) atoms. The SMILES string of the molecule is Nc1csc(-c2ccccc2F)n1. The largest absolute Gasteiger partial charge is 0.383 e. The summed E-state index contributed by atoms with van der Waals surface area (Å²) in [6.07, 6.45) is 0. The Labute approximate surface area is 78.9 Å². The van der Waals surface area contributed by atoms with Crippen molar-refractivity contribution in [3.63, 3.8) is 0 Å². The number of anilines is 1. The zero-order valence-electron chi connectivity index (χ0n) is 6.70. The second kappa shape index (κ2) is 3.14. The van der Waals surface area contributed by atoms with Crippen molar-refractivity contribution in [2.45, 2.75) is 0 Å². The molecule has 2 rings (SSSR count). The number of thiazole rings is 1. The molecule has 0 bridgehead atoms. The molecule has 2 aromatic rings. The lowest BCUT2D eigenvalue weighted by Crippen LogP contribution is -1.85. The first-order valence-electron chi connectivity index (χ1n) is 3.73. The molecule has 1 aromatic heterocycles. The van der Waals surface area contributed by atoms with Crippen molar-refractivity contribution in [3.8, 4) is 10.6 Å². The molecule has 0 saturated carbocycles. The highest BCUT2D eigenvalue weighted by Gasteiger charge is 2.06. The average molecular weight is 194 g/mol. The molecular formula is C9H7FN2S. The Kier molecular flexibility index (Phi) is 1.98. The molecule has 0 aliphatic carbocycles. The molecule has 1 heterocycles. The van der Waals surface area contributed by atoms with Crippen LogP contribution in [0, 0.1) is 5.82 Å².